The maximum atomic E-state index is 11.5. The van der Waals surface area contributed by atoms with Crippen molar-refractivity contribution in [1.29, 1.82) is 0 Å². The summed E-state index contributed by atoms with van der Waals surface area (Å²) >= 11 is 0. The van der Waals surface area contributed by atoms with Gasteiger partial charge in [-0.2, -0.15) is 0 Å². The van der Waals surface area contributed by atoms with Crippen LogP contribution in [0.5, 0.6) is 5.75 Å². The number of hydrogen-bond acceptors (Lipinski definition) is 3. The van der Waals surface area contributed by atoms with Gasteiger partial charge in [0, 0.05) is 6.26 Å². The van der Waals surface area contributed by atoms with E-state index >= 15 is 0 Å². The lowest BCUT2D eigenvalue weighted by molar-refractivity contribution is 0.459. The first kappa shape index (κ1) is 11.7. The molecule has 0 bridgehead atoms. The van der Waals surface area contributed by atoms with Crippen LogP contribution in [0.25, 0.3) is 11.1 Å². The first-order valence-corrected chi connectivity index (χ1v) is 6.96. The number of benzene rings is 2. The van der Waals surface area contributed by atoms with Gasteiger partial charge in [0.05, 0.1) is 0 Å². The fourth-order valence-electron chi connectivity index (χ4n) is 1.62. The minimum Gasteiger partial charge on any atom is -0.507 e. The lowest BCUT2D eigenvalue weighted by atomic mass is 10.1. The Balaban J connectivity index is 2.61. The summed E-state index contributed by atoms with van der Waals surface area (Å²) in [4.78, 5) is -0.0427. The highest BCUT2D eigenvalue weighted by Gasteiger charge is 2.13. The first-order valence-electron chi connectivity index (χ1n) is 5.07. The van der Waals surface area contributed by atoms with Crippen LogP contribution in [-0.2, 0) is 9.84 Å². The van der Waals surface area contributed by atoms with E-state index < -0.39 is 9.84 Å². The zero-order valence-corrected chi connectivity index (χ0v) is 10.1. The molecule has 0 aliphatic rings. The van der Waals surface area contributed by atoms with Gasteiger partial charge in [-0.1, -0.05) is 36.4 Å². The van der Waals surface area contributed by atoms with Crippen LogP contribution >= 0.6 is 0 Å². The highest BCUT2D eigenvalue weighted by Crippen LogP contribution is 2.28. The van der Waals surface area contributed by atoms with E-state index in [-0.39, 0.29) is 10.6 Å². The minimum atomic E-state index is -3.41. The van der Waals surface area contributed by atoms with Crippen molar-refractivity contribution in [3.8, 4) is 16.9 Å². The molecule has 0 aliphatic carbocycles. The molecular weight excluding hydrogens is 236 g/mol. The predicted octanol–water partition coefficient (Wildman–Crippen LogP) is 2.46. The summed E-state index contributed by atoms with van der Waals surface area (Å²) in [6.07, 6.45) is 1.08. The summed E-state index contributed by atoms with van der Waals surface area (Å²) in [5.41, 5.74) is 1.68. The molecule has 0 amide bonds. The zero-order chi connectivity index (χ0) is 12.5. The number of rotatable bonds is 2. The Morgan fingerprint density at radius 2 is 1.59 bits per heavy atom. The molecule has 0 aromatic heterocycles. The second-order valence-electron chi connectivity index (χ2n) is 3.82. The number of aromatic hydroxyl groups is 1. The summed E-state index contributed by atoms with van der Waals surface area (Å²) < 4.78 is 23.0. The molecule has 0 saturated heterocycles. The van der Waals surface area contributed by atoms with Gasteiger partial charge in [0.1, 0.15) is 10.6 Å². The fourth-order valence-corrected chi connectivity index (χ4v) is 2.41. The van der Waals surface area contributed by atoms with Crippen LogP contribution in [0.2, 0.25) is 0 Å². The molecule has 17 heavy (non-hydrogen) atoms. The van der Waals surface area contributed by atoms with E-state index in [1.165, 1.54) is 12.1 Å². The SMILES string of the molecule is CS(=O)(=O)c1cc(-c2ccccc2)ccc1O. The zero-order valence-electron chi connectivity index (χ0n) is 9.29. The third kappa shape index (κ3) is 2.47. The number of phenolic OH excluding ortho intramolecular Hbond substituents is 1. The molecule has 1 N–H and O–H groups in total. The van der Waals surface area contributed by atoms with E-state index in [1.54, 1.807) is 6.07 Å². The van der Waals surface area contributed by atoms with Crippen LogP contribution in [0.4, 0.5) is 0 Å². The van der Waals surface area contributed by atoms with Crippen LogP contribution in [0, 0.1) is 0 Å². The molecule has 88 valence electrons. The molecule has 0 fully saturated rings. The van der Waals surface area contributed by atoms with Gasteiger partial charge in [-0.05, 0) is 23.3 Å². The third-order valence-corrected chi connectivity index (χ3v) is 3.59. The Hall–Kier alpha value is -1.81. The number of sulfone groups is 1. The van der Waals surface area contributed by atoms with Crippen molar-refractivity contribution in [2.75, 3.05) is 6.26 Å². The maximum absolute atomic E-state index is 11.5. The molecule has 0 aliphatic heterocycles. The molecule has 3 nitrogen and oxygen atoms in total. The summed E-state index contributed by atoms with van der Waals surface area (Å²) in [7, 11) is -3.41. The van der Waals surface area contributed by atoms with E-state index in [2.05, 4.69) is 0 Å². The quantitative estimate of drug-likeness (QED) is 0.888. The van der Waals surface area contributed by atoms with Crippen LogP contribution in [-0.4, -0.2) is 19.8 Å². The van der Waals surface area contributed by atoms with Crippen molar-refractivity contribution in [2.45, 2.75) is 4.90 Å². The number of phenols is 1. The summed E-state index contributed by atoms with van der Waals surface area (Å²) in [5.74, 6) is -0.216. The van der Waals surface area contributed by atoms with Crippen LogP contribution in [0.3, 0.4) is 0 Å². The molecule has 0 spiro atoms. The van der Waals surface area contributed by atoms with Crippen molar-refractivity contribution < 1.29 is 13.5 Å². The second-order valence-corrected chi connectivity index (χ2v) is 5.80. The van der Waals surface area contributed by atoms with Crippen molar-refractivity contribution in [2.24, 2.45) is 0 Å². The van der Waals surface area contributed by atoms with Gasteiger partial charge < -0.3 is 5.11 Å². The average Bonchev–Trinajstić information content (AvgIpc) is 2.29. The Morgan fingerprint density at radius 1 is 0.941 bits per heavy atom. The Bertz CT molecular complexity index is 631. The van der Waals surface area contributed by atoms with Gasteiger partial charge >= 0.3 is 0 Å². The molecule has 0 unspecified atom stereocenters. The Kier molecular flexibility index (Phi) is 2.90. The first-order chi connectivity index (χ1) is 7.98. The molecule has 2 aromatic carbocycles. The molecule has 4 heteroatoms. The van der Waals surface area contributed by atoms with Gasteiger partial charge in [0.15, 0.2) is 9.84 Å². The van der Waals surface area contributed by atoms with E-state index in [0.717, 1.165) is 17.4 Å². The van der Waals surface area contributed by atoms with Crippen molar-refractivity contribution in [1.82, 2.24) is 0 Å². The van der Waals surface area contributed by atoms with E-state index in [1.807, 2.05) is 30.3 Å². The Labute approximate surface area is 100 Å². The summed E-state index contributed by atoms with van der Waals surface area (Å²) in [6.45, 7) is 0. The van der Waals surface area contributed by atoms with Crippen LogP contribution < -0.4 is 0 Å². The van der Waals surface area contributed by atoms with Gasteiger partial charge in [-0.3, -0.25) is 0 Å². The van der Waals surface area contributed by atoms with Crippen LogP contribution in [0.1, 0.15) is 0 Å². The smallest absolute Gasteiger partial charge is 0.179 e. The molecule has 0 saturated carbocycles. The van der Waals surface area contributed by atoms with Gasteiger partial charge in [0.2, 0.25) is 0 Å². The highest BCUT2D eigenvalue weighted by atomic mass is 32.2. The van der Waals surface area contributed by atoms with Crippen LogP contribution in [0.15, 0.2) is 53.4 Å². The lowest BCUT2D eigenvalue weighted by Crippen LogP contribution is -1.97. The van der Waals surface area contributed by atoms with Gasteiger partial charge in [-0.15, -0.1) is 0 Å². The molecule has 2 aromatic rings. The molecule has 0 atom stereocenters. The average molecular weight is 248 g/mol. The Morgan fingerprint density at radius 3 is 2.18 bits per heavy atom. The van der Waals surface area contributed by atoms with Crippen molar-refractivity contribution in [3.63, 3.8) is 0 Å². The highest BCUT2D eigenvalue weighted by molar-refractivity contribution is 7.90. The monoisotopic (exact) mass is 248 g/mol. The van der Waals surface area contributed by atoms with E-state index in [9.17, 15) is 13.5 Å². The fraction of sp³-hybridized carbons (Fsp3) is 0.0769. The molecular formula is C13H12O3S. The second kappa shape index (κ2) is 4.22. The normalized spacial score (nSPS) is 11.4. The largest absolute Gasteiger partial charge is 0.507 e. The predicted molar refractivity (Wildman–Crippen MR) is 66.7 cm³/mol. The molecule has 2 rings (SSSR count). The minimum absolute atomic E-state index is 0.0427. The van der Waals surface area contributed by atoms with Gasteiger partial charge in [-0.25, -0.2) is 8.42 Å². The maximum Gasteiger partial charge on any atom is 0.179 e. The topological polar surface area (TPSA) is 54.4 Å². The number of hydrogen-bond donors (Lipinski definition) is 1. The third-order valence-electron chi connectivity index (χ3n) is 2.47. The summed E-state index contributed by atoms with van der Waals surface area (Å²) in [5, 5.41) is 9.54. The van der Waals surface area contributed by atoms with E-state index in [0.29, 0.717) is 0 Å². The van der Waals surface area contributed by atoms with Crippen molar-refractivity contribution >= 4 is 9.84 Å². The lowest BCUT2D eigenvalue weighted by Gasteiger charge is -2.06. The summed E-state index contributed by atoms with van der Waals surface area (Å²) in [6, 6.07) is 14.0. The van der Waals surface area contributed by atoms with Crippen molar-refractivity contribution in [3.05, 3.63) is 48.5 Å². The molecule has 0 heterocycles. The molecule has 0 radical (unpaired) electrons. The van der Waals surface area contributed by atoms with Gasteiger partial charge in [0.25, 0.3) is 0 Å². The van der Waals surface area contributed by atoms with E-state index in [4.69, 9.17) is 0 Å². The standard InChI is InChI=1S/C13H12O3S/c1-17(15,16)13-9-11(7-8-12(13)14)10-5-3-2-4-6-10/h2-9,14H,1H3.